The van der Waals surface area contributed by atoms with Crippen LogP contribution in [0, 0.1) is 5.92 Å². The number of unbranched alkanes of at least 4 members (excludes halogenated alkanes) is 55. The van der Waals surface area contributed by atoms with Gasteiger partial charge in [-0.15, -0.1) is 0 Å². The number of carbonyl (C=O) groups is 4. The SMILES string of the molecule is CCCCCCCCCCCCCCCCCCCC(=O)OC[C@H](COP(=O)(O)OC[C@@H](O)COP(=O)(O)OC[C@@H](COC(=O)CCCCCCCCCCCCCC)OC(=O)CCCCCCCCCCCCCC)OC(=O)CCCCCCCCCCCCCCCCCCCCC(C)C. The van der Waals surface area contributed by atoms with Gasteiger partial charge in [-0.2, -0.15) is 0 Å². The van der Waals surface area contributed by atoms with E-state index >= 15 is 0 Å². The summed E-state index contributed by atoms with van der Waals surface area (Å²) in [7, 11) is -9.92. The van der Waals surface area contributed by atoms with Gasteiger partial charge in [0, 0.05) is 25.7 Å². The molecule has 0 radical (unpaired) electrons. The summed E-state index contributed by atoms with van der Waals surface area (Å²) in [5.74, 6) is -1.28. The van der Waals surface area contributed by atoms with Crippen molar-refractivity contribution >= 4 is 39.5 Å². The molecule has 0 saturated heterocycles. The van der Waals surface area contributed by atoms with Crippen LogP contribution in [-0.4, -0.2) is 96.7 Å². The second-order valence-electron chi connectivity index (χ2n) is 30.3. The quantitative estimate of drug-likeness (QED) is 0.0222. The normalized spacial score (nSPS) is 13.8. The molecule has 0 amide bonds. The van der Waals surface area contributed by atoms with Crippen LogP contribution in [0.15, 0.2) is 0 Å². The molecule has 0 aliphatic heterocycles. The van der Waals surface area contributed by atoms with Crippen LogP contribution in [0.5, 0.6) is 0 Å². The van der Waals surface area contributed by atoms with E-state index in [-0.39, 0.29) is 25.7 Å². The van der Waals surface area contributed by atoms with E-state index in [4.69, 9.17) is 37.0 Å². The Morgan fingerprint density at radius 1 is 0.265 bits per heavy atom. The van der Waals surface area contributed by atoms with Crippen LogP contribution in [0.2, 0.25) is 0 Å². The van der Waals surface area contributed by atoms with Crippen molar-refractivity contribution in [3.05, 3.63) is 0 Å². The average molecular weight is 1490 g/mol. The summed E-state index contributed by atoms with van der Waals surface area (Å²) in [6.07, 6.45) is 67.9. The lowest BCUT2D eigenvalue weighted by molar-refractivity contribution is -0.161. The lowest BCUT2D eigenvalue weighted by atomic mass is 10.0. The molecule has 0 bridgehead atoms. The molecule has 0 aromatic heterocycles. The minimum absolute atomic E-state index is 0.108. The predicted octanol–water partition coefficient (Wildman–Crippen LogP) is 25.2. The third-order valence-electron chi connectivity index (χ3n) is 19.5. The topological polar surface area (TPSA) is 237 Å². The summed E-state index contributed by atoms with van der Waals surface area (Å²) in [6, 6.07) is 0. The number of aliphatic hydroxyl groups is 1. The van der Waals surface area contributed by atoms with Gasteiger partial charge in [-0.3, -0.25) is 37.3 Å². The van der Waals surface area contributed by atoms with Crippen molar-refractivity contribution < 1.29 is 80.2 Å². The molecule has 102 heavy (non-hydrogen) atoms. The van der Waals surface area contributed by atoms with Crippen LogP contribution in [0.25, 0.3) is 0 Å². The van der Waals surface area contributed by atoms with Gasteiger partial charge < -0.3 is 33.8 Å². The van der Waals surface area contributed by atoms with Gasteiger partial charge in [-0.25, -0.2) is 9.13 Å². The van der Waals surface area contributed by atoms with Gasteiger partial charge in [0.05, 0.1) is 26.4 Å². The van der Waals surface area contributed by atoms with E-state index in [9.17, 15) is 43.2 Å². The highest BCUT2D eigenvalue weighted by Gasteiger charge is 2.30. The highest BCUT2D eigenvalue weighted by molar-refractivity contribution is 7.47. The lowest BCUT2D eigenvalue weighted by Crippen LogP contribution is -2.30. The van der Waals surface area contributed by atoms with Crippen LogP contribution in [-0.2, 0) is 65.4 Å². The minimum Gasteiger partial charge on any atom is -0.462 e. The Balaban J connectivity index is 5.22. The molecule has 19 heteroatoms. The number of ether oxygens (including phenoxy) is 4. The Labute approximate surface area is 626 Å². The minimum atomic E-state index is -4.96. The zero-order valence-electron chi connectivity index (χ0n) is 66.8. The fraction of sp³-hybridized carbons (Fsp3) is 0.952. The summed E-state index contributed by atoms with van der Waals surface area (Å²) in [4.78, 5) is 73.1. The third kappa shape index (κ3) is 76.3. The molecule has 606 valence electrons. The van der Waals surface area contributed by atoms with Gasteiger partial charge in [0.1, 0.15) is 19.3 Å². The van der Waals surface area contributed by atoms with E-state index in [2.05, 4.69) is 34.6 Å². The van der Waals surface area contributed by atoms with Crippen molar-refractivity contribution in [3.8, 4) is 0 Å². The van der Waals surface area contributed by atoms with Gasteiger partial charge in [-0.05, 0) is 31.6 Å². The smallest absolute Gasteiger partial charge is 0.462 e. The van der Waals surface area contributed by atoms with Crippen LogP contribution < -0.4 is 0 Å². The van der Waals surface area contributed by atoms with E-state index in [1.807, 2.05) is 0 Å². The lowest BCUT2D eigenvalue weighted by Gasteiger charge is -2.21. The summed E-state index contributed by atoms with van der Waals surface area (Å²) >= 11 is 0. The van der Waals surface area contributed by atoms with E-state index in [1.165, 1.54) is 270 Å². The summed E-state index contributed by atoms with van der Waals surface area (Å²) in [5, 5.41) is 10.7. The predicted molar refractivity (Wildman–Crippen MR) is 418 cm³/mol. The van der Waals surface area contributed by atoms with Crippen molar-refractivity contribution in [2.45, 2.75) is 464 Å². The Morgan fingerprint density at radius 2 is 0.451 bits per heavy atom. The van der Waals surface area contributed by atoms with E-state index in [1.54, 1.807) is 0 Å². The van der Waals surface area contributed by atoms with Gasteiger partial charge in [0.15, 0.2) is 12.2 Å². The number of rotatable bonds is 83. The van der Waals surface area contributed by atoms with Crippen molar-refractivity contribution in [1.82, 2.24) is 0 Å². The second-order valence-corrected chi connectivity index (χ2v) is 33.3. The molecule has 2 unspecified atom stereocenters. The first-order valence-electron chi connectivity index (χ1n) is 43.1. The molecule has 0 saturated carbocycles. The second kappa shape index (κ2) is 75.9. The largest absolute Gasteiger partial charge is 0.472 e. The van der Waals surface area contributed by atoms with Crippen molar-refractivity contribution in [3.63, 3.8) is 0 Å². The summed E-state index contributed by atoms with van der Waals surface area (Å²) < 4.78 is 68.8. The molecule has 0 aromatic rings. The van der Waals surface area contributed by atoms with Crippen molar-refractivity contribution in [2.24, 2.45) is 5.92 Å². The Morgan fingerprint density at radius 3 is 0.667 bits per heavy atom. The van der Waals surface area contributed by atoms with E-state index in [0.717, 1.165) is 95.8 Å². The van der Waals surface area contributed by atoms with E-state index in [0.29, 0.717) is 25.7 Å². The van der Waals surface area contributed by atoms with Crippen LogP contribution in [0.3, 0.4) is 0 Å². The number of phosphoric acid groups is 2. The maximum atomic E-state index is 13.1. The number of carbonyl (C=O) groups excluding carboxylic acids is 4. The average Bonchev–Trinajstić information content (AvgIpc) is 0.913. The standard InChI is InChI=1S/C83H162O17P2/c1-6-9-12-15-18-21-24-27-28-31-35-38-43-47-52-57-62-67-81(86)94-73-79(100-83(88)69-64-59-54-49-44-39-36-33-30-29-32-34-37-40-45-50-55-60-65-76(4)5)75-98-102(91,92)96-71-77(84)70-95-101(89,90)97-74-78(99-82(87)68-63-58-53-48-42-26-23-20-17-14-11-8-3)72-93-80(85)66-61-56-51-46-41-25-22-19-16-13-10-7-2/h76-79,84H,6-75H2,1-5H3,(H,89,90)(H,91,92)/t77-,78+,79+/m0/s1. The van der Waals surface area contributed by atoms with Gasteiger partial charge >= 0.3 is 39.5 Å². The molecule has 0 spiro atoms. The van der Waals surface area contributed by atoms with Gasteiger partial charge in [0.25, 0.3) is 0 Å². The maximum Gasteiger partial charge on any atom is 0.472 e. The first kappa shape index (κ1) is 100. The zero-order chi connectivity index (χ0) is 74.8. The number of aliphatic hydroxyl groups excluding tert-OH is 1. The fourth-order valence-corrected chi connectivity index (χ4v) is 14.5. The molecule has 17 nitrogen and oxygen atoms in total. The summed E-state index contributed by atoms with van der Waals surface area (Å²) in [5.41, 5.74) is 0. The Bertz CT molecular complexity index is 1940. The van der Waals surface area contributed by atoms with Gasteiger partial charge in [-0.1, -0.05) is 394 Å². The highest BCUT2D eigenvalue weighted by Crippen LogP contribution is 2.45. The monoisotopic (exact) mass is 1490 g/mol. The molecule has 0 fully saturated rings. The molecule has 0 aliphatic rings. The molecule has 5 atom stereocenters. The fourth-order valence-electron chi connectivity index (χ4n) is 12.9. The number of esters is 4. The number of hydrogen-bond acceptors (Lipinski definition) is 15. The molecule has 0 rings (SSSR count). The molecular weight excluding hydrogens is 1330 g/mol. The molecule has 0 aromatic carbocycles. The van der Waals surface area contributed by atoms with Crippen molar-refractivity contribution in [2.75, 3.05) is 39.6 Å². The third-order valence-corrected chi connectivity index (χ3v) is 21.4. The first-order chi connectivity index (χ1) is 49.5. The van der Waals surface area contributed by atoms with Crippen LogP contribution >= 0.6 is 15.6 Å². The Kier molecular flexibility index (Phi) is 74.4. The first-order valence-corrected chi connectivity index (χ1v) is 46.1. The summed E-state index contributed by atoms with van der Waals surface area (Å²) in [6.45, 7) is 7.38. The number of hydrogen-bond donors (Lipinski definition) is 3. The molecule has 3 N–H and O–H groups in total. The molecular formula is C83H162O17P2. The maximum absolute atomic E-state index is 13.1. The number of phosphoric ester groups is 2. The van der Waals surface area contributed by atoms with Gasteiger partial charge in [0.2, 0.25) is 0 Å². The van der Waals surface area contributed by atoms with Crippen LogP contribution in [0.1, 0.15) is 446 Å². The molecule has 0 aliphatic carbocycles. The van der Waals surface area contributed by atoms with E-state index < -0.39 is 97.5 Å². The zero-order valence-corrected chi connectivity index (χ0v) is 68.5. The molecule has 0 heterocycles. The Hall–Kier alpha value is -1.94. The van der Waals surface area contributed by atoms with Crippen molar-refractivity contribution in [1.29, 1.82) is 0 Å². The highest BCUT2D eigenvalue weighted by atomic mass is 31.2. The van der Waals surface area contributed by atoms with Crippen LogP contribution in [0.4, 0.5) is 0 Å².